The minimum Gasteiger partial charge on any atom is -0.454 e. The van der Waals surface area contributed by atoms with E-state index in [1.807, 2.05) is 42.5 Å². The molecule has 0 amide bonds. The molecule has 0 saturated carbocycles. The van der Waals surface area contributed by atoms with Crippen molar-refractivity contribution in [2.45, 2.75) is 13.0 Å². The van der Waals surface area contributed by atoms with Crippen LogP contribution in [-0.2, 0) is 6.54 Å². The highest BCUT2D eigenvalue weighted by molar-refractivity contribution is 5.86. The van der Waals surface area contributed by atoms with E-state index >= 15 is 0 Å². The van der Waals surface area contributed by atoms with Gasteiger partial charge in [-0.15, -0.1) is 0 Å². The Kier molecular flexibility index (Phi) is 2.76. The van der Waals surface area contributed by atoms with Gasteiger partial charge in [0.1, 0.15) is 5.82 Å². The van der Waals surface area contributed by atoms with E-state index in [4.69, 9.17) is 9.47 Å². The monoisotopic (exact) mass is 318 g/mol. The second kappa shape index (κ2) is 4.96. The van der Waals surface area contributed by atoms with Crippen LogP contribution in [0.25, 0.3) is 22.6 Å². The van der Waals surface area contributed by atoms with Gasteiger partial charge in [-0.3, -0.25) is 4.79 Å². The standard InChI is InChI=1S/C19H14N2O3/c22-19-14-3-1-2-4-15(14)21-8-7-13(18(21)20-19)9-12-5-6-16-17(10-12)24-11-23-16/h1-6,9-10H,7-8,11H2/b13-9-. The van der Waals surface area contributed by atoms with Gasteiger partial charge in [0.05, 0.1) is 10.9 Å². The average molecular weight is 318 g/mol. The van der Waals surface area contributed by atoms with Gasteiger partial charge in [0.15, 0.2) is 11.5 Å². The van der Waals surface area contributed by atoms with Gasteiger partial charge in [-0.25, -0.2) is 0 Å². The second-order valence-electron chi connectivity index (χ2n) is 5.94. The van der Waals surface area contributed by atoms with E-state index in [1.165, 1.54) is 0 Å². The lowest BCUT2D eigenvalue weighted by Gasteiger charge is -2.07. The highest BCUT2D eigenvalue weighted by Gasteiger charge is 2.21. The molecular formula is C19H14N2O3. The minimum absolute atomic E-state index is 0.171. The van der Waals surface area contributed by atoms with Gasteiger partial charge in [-0.05, 0) is 47.9 Å². The predicted octanol–water partition coefficient (Wildman–Crippen LogP) is 3.07. The molecule has 0 bridgehead atoms. The topological polar surface area (TPSA) is 53.4 Å². The zero-order chi connectivity index (χ0) is 16.1. The molecule has 5 heteroatoms. The number of nitrogens with zero attached hydrogens (tertiary/aromatic N) is 2. The Labute approximate surface area is 137 Å². The van der Waals surface area contributed by atoms with Crippen molar-refractivity contribution >= 4 is 22.6 Å². The van der Waals surface area contributed by atoms with E-state index in [2.05, 4.69) is 15.6 Å². The summed E-state index contributed by atoms with van der Waals surface area (Å²) in [6, 6.07) is 13.5. The molecule has 0 fully saturated rings. The Morgan fingerprint density at radius 1 is 1.08 bits per heavy atom. The van der Waals surface area contributed by atoms with Gasteiger partial charge >= 0.3 is 0 Å². The number of aryl methyl sites for hydroxylation is 1. The highest BCUT2D eigenvalue weighted by Crippen LogP contribution is 2.35. The number of benzene rings is 2. The Hall–Kier alpha value is -3.08. The molecule has 0 aliphatic carbocycles. The van der Waals surface area contributed by atoms with Crippen LogP contribution >= 0.6 is 0 Å². The SMILES string of the molecule is O=c1nc2n(c3ccccc13)CC/C2=C/c1ccc2c(c1)OCO2. The van der Waals surface area contributed by atoms with Gasteiger partial charge in [0.2, 0.25) is 6.79 Å². The molecule has 0 spiro atoms. The Morgan fingerprint density at radius 3 is 2.92 bits per heavy atom. The first-order valence-corrected chi connectivity index (χ1v) is 7.90. The smallest absolute Gasteiger partial charge is 0.281 e. The summed E-state index contributed by atoms with van der Waals surface area (Å²) in [7, 11) is 0. The third-order valence-corrected chi connectivity index (χ3v) is 4.52. The molecule has 0 N–H and O–H groups in total. The lowest BCUT2D eigenvalue weighted by molar-refractivity contribution is 0.174. The molecule has 5 rings (SSSR count). The van der Waals surface area contributed by atoms with Crippen LogP contribution in [0.15, 0.2) is 47.3 Å². The van der Waals surface area contributed by atoms with Gasteiger partial charge < -0.3 is 14.0 Å². The molecule has 3 aromatic rings. The molecular weight excluding hydrogens is 304 g/mol. The number of rotatable bonds is 1. The first-order chi connectivity index (χ1) is 11.8. The Morgan fingerprint density at radius 2 is 1.96 bits per heavy atom. The van der Waals surface area contributed by atoms with Gasteiger partial charge in [0.25, 0.3) is 5.56 Å². The molecule has 0 unspecified atom stereocenters. The van der Waals surface area contributed by atoms with Crippen molar-refractivity contribution in [3.63, 3.8) is 0 Å². The molecule has 0 atom stereocenters. The van der Waals surface area contributed by atoms with Crippen molar-refractivity contribution in [1.82, 2.24) is 9.55 Å². The molecule has 0 radical (unpaired) electrons. The summed E-state index contributed by atoms with van der Waals surface area (Å²) in [6.07, 6.45) is 2.93. The summed E-state index contributed by atoms with van der Waals surface area (Å²) in [5, 5.41) is 0.672. The quantitative estimate of drug-likeness (QED) is 0.692. The normalized spacial score (nSPS) is 16.8. The summed E-state index contributed by atoms with van der Waals surface area (Å²) in [5.74, 6) is 2.28. The van der Waals surface area contributed by atoms with Crippen LogP contribution in [0.4, 0.5) is 0 Å². The zero-order valence-corrected chi connectivity index (χ0v) is 12.9. The van der Waals surface area contributed by atoms with E-state index in [1.54, 1.807) is 0 Å². The largest absolute Gasteiger partial charge is 0.454 e. The molecule has 2 aliphatic rings. The van der Waals surface area contributed by atoms with Crippen molar-refractivity contribution in [2.75, 3.05) is 6.79 Å². The van der Waals surface area contributed by atoms with Crippen LogP contribution in [-0.4, -0.2) is 16.3 Å². The molecule has 1 aromatic heterocycles. The van der Waals surface area contributed by atoms with E-state index in [9.17, 15) is 4.79 Å². The maximum Gasteiger partial charge on any atom is 0.281 e. The maximum absolute atomic E-state index is 12.3. The van der Waals surface area contributed by atoms with Crippen molar-refractivity contribution in [1.29, 1.82) is 0 Å². The van der Waals surface area contributed by atoms with Crippen molar-refractivity contribution in [3.8, 4) is 11.5 Å². The molecule has 2 aromatic carbocycles. The number of hydrogen-bond acceptors (Lipinski definition) is 4. The van der Waals surface area contributed by atoms with Crippen LogP contribution in [0.5, 0.6) is 11.5 Å². The van der Waals surface area contributed by atoms with Crippen LogP contribution in [0.2, 0.25) is 0 Å². The van der Waals surface area contributed by atoms with Gasteiger partial charge in [0, 0.05) is 6.54 Å². The lowest BCUT2D eigenvalue weighted by Crippen LogP contribution is -2.14. The fourth-order valence-corrected chi connectivity index (χ4v) is 3.38. The summed E-state index contributed by atoms with van der Waals surface area (Å²) in [5.41, 5.74) is 2.86. The average Bonchev–Trinajstić information content (AvgIpc) is 3.22. The number of aromatic nitrogens is 2. The van der Waals surface area contributed by atoms with Crippen molar-refractivity contribution in [3.05, 3.63) is 64.2 Å². The summed E-state index contributed by atoms with van der Waals surface area (Å²) >= 11 is 0. The van der Waals surface area contributed by atoms with E-state index in [0.29, 0.717) is 5.39 Å². The molecule has 118 valence electrons. The number of allylic oxidation sites excluding steroid dienone is 1. The first-order valence-electron chi connectivity index (χ1n) is 7.90. The zero-order valence-electron chi connectivity index (χ0n) is 12.9. The number of ether oxygens (including phenoxy) is 2. The summed E-state index contributed by atoms with van der Waals surface area (Å²) in [6.45, 7) is 1.10. The van der Waals surface area contributed by atoms with Crippen LogP contribution in [0, 0.1) is 0 Å². The lowest BCUT2D eigenvalue weighted by atomic mass is 10.1. The maximum atomic E-state index is 12.3. The number of fused-ring (bicyclic) bond motifs is 4. The number of hydrogen-bond donors (Lipinski definition) is 0. The summed E-state index contributed by atoms with van der Waals surface area (Å²) in [4.78, 5) is 16.6. The Balaban J connectivity index is 1.65. The Bertz CT molecular complexity index is 1070. The van der Waals surface area contributed by atoms with Crippen LogP contribution in [0.1, 0.15) is 17.8 Å². The van der Waals surface area contributed by atoms with E-state index < -0.39 is 0 Å². The predicted molar refractivity (Wildman–Crippen MR) is 91.1 cm³/mol. The first kappa shape index (κ1) is 13.4. The minimum atomic E-state index is -0.171. The van der Waals surface area contributed by atoms with E-state index in [-0.39, 0.29) is 12.4 Å². The van der Waals surface area contributed by atoms with Crippen molar-refractivity contribution in [2.24, 2.45) is 0 Å². The molecule has 0 saturated heterocycles. The van der Waals surface area contributed by atoms with Gasteiger partial charge in [-0.1, -0.05) is 18.2 Å². The fraction of sp³-hybridized carbons (Fsp3) is 0.158. The van der Waals surface area contributed by atoms with Crippen LogP contribution < -0.4 is 15.0 Å². The van der Waals surface area contributed by atoms with E-state index in [0.717, 1.165) is 46.9 Å². The number of para-hydroxylation sites is 1. The van der Waals surface area contributed by atoms with Crippen molar-refractivity contribution < 1.29 is 9.47 Å². The molecule has 3 heterocycles. The highest BCUT2D eigenvalue weighted by atomic mass is 16.7. The second-order valence-corrected chi connectivity index (χ2v) is 5.94. The summed E-state index contributed by atoms with van der Waals surface area (Å²) < 4.78 is 12.9. The molecule has 2 aliphatic heterocycles. The fourth-order valence-electron chi connectivity index (χ4n) is 3.38. The third-order valence-electron chi connectivity index (χ3n) is 4.52. The molecule has 5 nitrogen and oxygen atoms in total. The van der Waals surface area contributed by atoms with Gasteiger partial charge in [-0.2, -0.15) is 4.98 Å². The third kappa shape index (κ3) is 1.94. The van der Waals surface area contributed by atoms with Crippen LogP contribution in [0.3, 0.4) is 0 Å². The molecule has 24 heavy (non-hydrogen) atoms.